The molecule has 1 saturated carbocycles. The van der Waals surface area contributed by atoms with Crippen LogP contribution in [0, 0.1) is 11.7 Å². The number of nitrogens with zero attached hydrogens (tertiary/aromatic N) is 1. The second kappa shape index (κ2) is 10.7. The maximum atomic E-state index is 14.6. The zero-order chi connectivity index (χ0) is 19.8. The smallest absolute Gasteiger partial charge is 0.132 e. The highest BCUT2D eigenvalue weighted by Gasteiger charge is 2.22. The van der Waals surface area contributed by atoms with Gasteiger partial charge in [-0.2, -0.15) is 0 Å². The van der Waals surface area contributed by atoms with Gasteiger partial charge < -0.3 is 0 Å². The number of pyridine rings is 1. The molecule has 152 valence electrons. The zero-order valence-electron chi connectivity index (χ0n) is 17.7. The Balaban J connectivity index is 1.60. The van der Waals surface area contributed by atoms with Gasteiger partial charge in [-0.05, 0) is 79.7 Å². The van der Waals surface area contributed by atoms with E-state index in [1.807, 2.05) is 18.3 Å². The van der Waals surface area contributed by atoms with Gasteiger partial charge in [-0.1, -0.05) is 58.1 Å². The van der Waals surface area contributed by atoms with Gasteiger partial charge in [0.1, 0.15) is 5.82 Å². The van der Waals surface area contributed by atoms with E-state index in [9.17, 15) is 4.39 Å². The fourth-order valence-electron chi connectivity index (χ4n) is 4.58. The van der Waals surface area contributed by atoms with Crippen molar-refractivity contribution in [3.05, 3.63) is 53.5 Å². The molecule has 1 fully saturated rings. The molecule has 1 aromatic carbocycles. The van der Waals surface area contributed by atoms with Gasteiger partial charge in [-0.3, -0.25) is 4.98 Å². The fourth-order valence-corrected chi connectivity index (χ4v) is 4.58. The molecular weight excluding hydrogens is 345 g/mol. The number of halogens is 1. The monoisotopic (exact) mass is 381 g/mol. The van der Waals surface area contributed by atoms with Gasteiger partial charge in [0, 0.05) is 11.8 Å². The summed E-state index contributed by atoms with van der Waals surface area (Å²) in [4.78, 5) is 4.62. The number of benzene rings is 1. The highest BCUT2D eigenvalue weighted by atomic mass is 19.1. The van der Waals surface area contributed by atoms with Crippen LogP contribution in [0.2, 0.25) is 0 Å². The molecule has 28 heavy (non-hydrogen) atoms. The van der Waals surface area contributed by atoms with Crippen LogP contribution >= 0.6 is 0 Å². The molecule has 1 aliphatic rings. The van der Waals surface area contributed by atoms with Gasteiger partial charge >= 0.3 is 0 Å². The number of hydrogen-bond acceptors (Lipinski definition) is 1. The van der Waals surface area contributed by atoms with Crippen molar-refractivity contribution in [1.29, 1.82) is 0 Å². The maximum absolute atomic E-state index is 14.6. The lowest BCUT2D eigenvalue weighted by atomic mass is 9.77. The van der Waals surface area contributed by atoms with Crippen molar-refractivity contribution in [2.75, 3.05) is 0 Å². The van der Waals surface area contributed by atoms with Crippen molar-refractivity contribution in [2.45, 2.75) is 90.4 Å². The van der Waals surface area contributed by atoms with E-state index in [1.54, 1.807) is 6.07 Å². The first kappa shape index (κ1) is 21.0. The summed E-state index contributed by atoms with van der Waals surface area (Å²) in [7, 11) is 0. The molecule has 0 spiro atoms. The average molecular weight is 382 g/mol. The molecule has 0 bridgehead atoms. The van der Waals surface area contributed by atoms with E-state index in [1.165, 1.54) is 63.4 Å². The number of rotatable bonds is 9. The van der Waals surface area contributed by atoms with E-state index in [0.717, 1.165) is 30.0 Å². The Labute approximate surface area is 170 Å². The van der Waals surface area contributed by atoms with E-state index in [4.69, 9.17) is 0 Å². The molecule has 1 heterocycles. The van der Waals surface area contributed by atoms with Crippen LogP contribution in [0.3, 0.4) is 0 Å². The summed E-state index contributed by atoms with van der Waals surface area (Å²) in [5.41, 5.74) is 3.78. The summed E-state index contributed by atoms with van der Waals surface area (Å²) in [5, 5.41) is 0. The summed E-state index contributed by atoms with van der Waals surface area (Å²) < 4.78 is 14.6. The quantitative estimate of drug-likeness (QED) is 0.400. The number of aryl methyl sites for hydroxylation is 1. The van der Waals surface area contributed by atoms with Crippen LogP contribution in [-0.2, 0) is 6.42 Å². The van der Waals surface area contributed by atoms with E-state index < -0.39 is 0 Å². The second-order valence-corrected chi connectivity index (χ2v) is 8.61. The fraction of sp³-hybridized carbons (Fsp3) is 0.577. The summed E-state index contributed by atoms with van der Waals surface area (Å²) >= 11 is 0. The first-order chi connectivity index (χ1) is 13.7. The van der Waals surface area contributed by atoms with Crippen LogP contribution in [0.15, 0.2) is 36.5 Å². The van der Waals surface area contributed by atoms with E-state index >= 15 is 0 Å². The minimum absolute atomic E-state index is 0.148. The topological polar surface area (TPSA) is 12.9 Å². The van der Waals surface area contributed by atoms with Crippen LogP contribution in [0.1, 0.15) is 95.1 Å². The molecule has 1 aromatic heterocycles. The van der Waals surface area contributed by atoms with Crippen LogP contribution in [0.5, 0.6) is 0 Å². The van der Waals surface area contributed by atoms with Gasteiger partial charge in [0.25, 0.3) is 0 Å². The van der Waals surface area contributed by atoms with Crippen LogP contribution in [0.4, 0.5) is 4.39 Å². The molecular formula is C26H36FN. The average Bonchev–Trinajstić information content (AvgIpc) is 2.73. The molecule has 0 atom stereocenters. The minimum Gasteiger partial charge on any atom is -0.256 e. The highest BCUT2D eigenvalue weighted by molar-refractivity contribution is 5.60. The standard InChI is InChI=1S/C26H36FN/c1-3-5-7-9-21-12-16-24(25(27)18-21)26-17-15-23(19-28-26)22-13-10-20(11-14-22)8-6-4-2/h12,15-20,22H,3-11,13-14H2,1-2H3. The summed E-state index contributed by atoms with van der Waals surface area (Å²) in [6, 6.07) is 9.83. The van der Waals surface area contributed by atoms with Gasteiger partial charge in [0.2, 0.25) is 0 Å². The minimum atomic E-state index is -0.148. The first-order valence-corrected chi connectivity index (χ1v) is 11.5. The van der Waals surface area contributed by atoms with Crippen molar-refractivity contribution in [3.63, 3.8) is 0 Å². The Bertz CT molecular complexity index is 714. The molecule has 0 N–H and O–H groups in total. The maximum Gasteiger partial charge on any atom is 0.132 e. The van der Waals surface area contributed by atoms with Crippen molar-refractivity contribution < 1.29 is 4.39 Å². The number of hydrogen-bond donors (Lipinski definition) is 0. The summed E-state index contributed by atoms with van der Waals surface area (Å²) in [6.45, 7) is 4.47. The third kappa shape index (κ3) is 5.65. The SMILES string of the molecule is CCCCCc1ccc(-c2ccc(C3CCC(CCCC)CC3)cn2)c(F)c1. The Morgan fingerprint density at radius 2 is 1.71 bits per heavy atom. The molecule has 0 saturated heterocycles. The molecule has 0 amide bonds. The predicted octanol–water partition coefficient (Wildman–Crippen LogP) is 8.08. The van der Waals surface area contributed by atoms with E-state index in [-0.39, 0.29) is 5.82 Å². The molecule has 0 radical (unpaired) electrons. The lowest BCUT2D eigenvalue weighted by molar-refractivity contribution is 0.304. The Morgan fingerprint density at radius 3 is 2.36 bits per heavy atom. The van der Waals surface area contributed by atoms with Gasteiger partial charge in [-0.15, -0.1) is 0 Å². The van der Waals surface area contributed by atoms with Gasteiger partial charge in [0.15, 0.2) is 0 Å². The molecule has 1 nitrogen and oxygen atoms in total. The summed E-state index contributed by atoms with van der Waals surface area (Å²) in [6.07, 6.45) is 15.8. The van der Waals surface area contributed by atoms with Crippen molar-refractivity contribution in [1.82, 2.24) is 4.98 Å². The molecule has 0 aliphatic heterocycles. The normalized spacial score (nSPS) is 19.7. The third-order valence-corrected chi connectivity index (χ3v) is 6.45. The van der Waals surface area contributed by atoms with Crippen LogP contribution in [-0.4, -0.2) is 4.98 Å². The van der Waals surface area contributed by atoms with Gasteiger partial charge in [-0.25, -0.2) is 4.39 Å². The predicted molar refractivity (Wildman–Crippen MR) is 117 cm³/mol. The molecule has 2 aromatic rings. The number of unbranched alkanes of at least 4 members (excludes halogenated alkanes) is 3. The van der Waals surface area contributed by atoms with E-state index in [2.05, 4.69) is 31.0 Å². The molecule has 1 aliphatic carbocycles. The number of aromatic nitrogens is 1. The van der Waals surface area contributed by atoms with Crippen molar-refractivity contribution in [2.24, 2.45) is 5.92 Å². The lowest BCUT2D eigenvalue weighted by Gasteiger charge is -2.28. The third-order valence-electron chi connectivity index (χ3n) is 6.45. The Kier molecular flexibility index (Phi) is 8.06. The van der Waals surface area contributed by atoms with Crippen LogP contribution < -0.4 is 0 Å². The molecule has 3 rings (SSSR count). The molecule has 0 unspecified atom stereocenters. The summed E-state index contributed by atoms with van der Waals surface area (Å²) in [5.74, 6) is 1.41. The zero-order valence-corrected chi connectivity index (χ0v) is 17.7. The Morgan fingerprint density at radius 1 is 0.929 bits per heavy atom. The lowest BCUT2D eigenvalue weighted by Crippen LogP contribution is -2.13. The van der Waals surface area contributed by atoms with Gasteiger partial charge in [0.05, 0.1) is 5.69 Å². The van der Waals surface area contributed by atoms with Crippen molar-refractivity contribution >= 4 is 0 Å². The second-order valence-electron chi connectivity index (χ2n) is 8.61. The Hall–Kier alpha value is -1.70. The van der Waals surface area contributed by atoms with Crippen LogP contribution in [0.25, 0.3) is 11.3 Å². The van der Waals surface area contributed by atoms with E-state index in [0.29, 0.717) is 11.5 Å². The van der Waals surface area contributed by atoms with Crippen molar-refractivity contribution in [3.8, 4) is 11.3 Å². The highest BCUT2D eigenvalue weighted by Crippen LogP contribution is 2.37. The largest absolute Gasteiger partial charge is 0.256 e. The first-order valence-electron chi connectivity index (χ1n) is 11.5. The molecule has 2 heteroatoms.